The Morgan fingerprint density at radius 2 is 0.931 bits per heavy atom. The highest BCUT2D eigenvalue weighted by Crippen LogP contribution is 2.35. The highest BCUT2D eigenvalue weighted by molar-refractivity contribution is 5.99. The van der Waals surface area contributed by atoms with Gasteiger partial charge in [-0.2, -0.15) is 0 Å². The van der Waals surface area contributed by atoms with Crippen LogP contribution >= 0.6 is 0 Å². The van der Waals surface area contributed by atoms with E-state index in [9.17, 15) is 39.0 Å². The molecule has 8 heterocycles. The lowest BCUT2D eigenvalue weighted by atomic mass is 9.85. The van der Waals surface area contributed by atoms with E-state index in [4.69, 9.17) is 9.47 Å². The molecule has 2 saturated heterocycles. The maximum absolute atomic E-state index is 15.5. The molecule has 0 spiro atoms. The highest BCUT2D eigenvalue weighted by Gasteiger charge is 2.49. The number of carbonyl (C=O) groups is 11. The third kappa shape index (κ3) is 21.6. The number of nitrogens with one attached hydrogen (secondary N) is 9. The van der Waals surface area contributed by atoms with Crippen LogP contribution in [0.3, 0.4) is 0 Å². The summed E-state index contributed by atoms with van der Waals surface area (Å²) in [5.41, 5.74) is 1.17. The first-order valence-electron chi connectivity index (χ1n) is 39.0. The Morgan fingerprint density at radius 3 is 1.33 bits per heavy atom. The minimum Gasteiger partial charge on any atom is -0.487 e. The molecule has 9 amide bonds. The van der Waals surface area contributed by atoms with Crippen LogP contribution in [-0.4, -0.2) is 209 Å². The maximum atomic E-state index is 15.5. The molecule has 116 heavy (non-hydrogen) atoms. The van der Waals surface area contributed by atoms with Crippen LogP contribution in [-0.2, 0) is 91.6 Å². The maximum Gasteiger partial charge on any atom is 0.326 e. The molecule has 0 aliphatic carbocycles. The Morgan fingerprint density at radius 1 is 0.526 bits per heavy atom. The first-order valence-corrected chi connectivity index (χ1v) is 39.0. The summed E-state index contributed by atoms with van der Waals surface area (Å²) in [6.45, 7) is 13.5. The number of nitrogens with zero attached hydrogens (tertiary/aromatic N) is 8. The van der Waals surface area contributed by atoms with Gasteiger partial charge in [0.05, 0.1) is 36.6 Å². The van der Waals surface area contributed by atoms with E-state index in [1.54, 1.807) is 130 Å². The second-order valence-electron chi connectivity index (χ2n) is 32.2. The molecule has 12 atom stereocenters. The molecule has 2 aromatic heterocycles. The number of fused-ring (bicyclic) bond motifs is 2. The van der Waals surface area contributed by atoms with Crippen molar-refractivity contribution in [3.63, 3.8) is 0 Å². The Labute approximate surface area is 671 Å². The van der Waals surface area contributed by atoms with Crippen LogP contribution in [0, 0.1) is 10.8 Å². The summed E-state index contributed by atoms with van der Waals surface area (Å²) in [5.74, 6) is -7.58. The zero-order chi connectivity index (χ0) is 83.3. The fourth-order valence-electron chi connectivity index (χ4n) is 14.5. The van der Waals surface area contributed by atoms with E-state index in [1.165, 1.54) is 19.2 Å². The van der Waals surface area contributed by atoms with Gasteiger partial charge < -0.3 is 77.3 Å². The average Bonchev–Trinajstić information content (AvgIpc) is 1.62. The van der Waals surface area contributed by atoms with Crippen LogP contribution in [0.1, 0.15) is 127 Å². The molecule has 6 aromatic carbocycles. The van der Waals surface area contributed by atoms with E-state index in [1.807, 2.05) is 84.9 Å². The number of aromatic nitrogens is 6. The predicted octanol–water partition coefficient (Wildman–Crippen LogP) is 4.18. The molecule has 14 rings (SSSR count). The lowest BCUT2D eigenvalue weighted by Gasteiger charge is -2.36. The molecule has 0 saturated carbocycles. The highest BCUT2D eigenvalue weighted by atomic mass is 16.5. The Bertz CT molecular complexity index is 4900. The number of amides is 9. The average molecular weight is 1590 g/mol. The normalized spacial score (nSPS) is 21.1. The predicted molar refractivity (Wildman–Crippen MR) is 428 cm³/mol. The molecule has 32 heteroatoms. The van der Waals surface area contributed by atoms with Gasteiger partial charge in [0.1, 0.15) is 84.4 Å². The number of carbonyl (C=O) groups excluding carboxylic acids is 9. The molecule has 0 radical (unpaired) electrons. The molecular weight excluding hydrogens is 1490 g/mol. The van der Waals surface area contributed by atoms with Crippen molar-refractivity contribution in [2.45, 2.75) is 192 Å². The van der Waals surface area contributed by atoms with Gasteiger partial charge >= 0.3 is 11.9 Å². The van der Waals surface area contributed by atoms with E-state index in [2.05, 4.69) is 68.5 Å². The number of carboxylic acids is 2. The van der Waals surface area contributed by atoms with E-state index in [-0.39, 0.29) is 84.2 Å². The largest absolute Gasteiger partial charge is 0.487 e. The summed E-state index contributed by atoms with van der Waals surface area (Å²) < 4.78 is 15.5. The zero-order valence-electron chi connectivity index (χ0n) is 66.8. The number of aliphatic carboxylic acids is 2. The Hall–Kier alpha value is -12.2. The van der Waals surface area contributed by atoms with Crippen LogP contribution in [0.4, 0.5) is 0 Å². The minimum absolute atomic E-state index is 0.0514. The van der Waals surface area contributed by atoms with E-state index < -0.39 is 148 Å². The number of benzene rings is 6. The fraction of sp³-hybridized carbons (Fsp3) is 0.440. The van der Waals surface area contributed by atoms with Crippen molar-refractivity contribution in [2.24, 2.45) is 10.8 Å². The summed E-state index contributed by atoms with van der Waals surface area (Å²) in [4.78, 5) is 161. The van der Waals surface area contributed by atoms with E-state index in [0.29, 0.717) is 45.1 Å². The van der Waals surface area contributed by atoms with Gasteiger partial charge in [0.15, 0.2) is 0 Å². The molecule has 6 aliphatic rings. The van der Waals surface area contributed by atoms with Crippen molar-refractivity contribution in [1.29, 1.82) is 0 Å². The van der Waals surface area contributed by atoms with Crippen LogP contribution in [0.15, 0.2) is 146 Å². The lowest BCUT2D eigenvalue weighted by molar-refractivity contribution is -0.145. The number of ether oxygens (including phenoxy) is 2. The van der Waals surface area contributed by atoms with Gasteiger partial charge in [-0.25, -0.2) is 14.2 Å². The van der Waals surface area contributed by atoms with Crippen molar-refractivity contribution in [2.75, 3.05) is 33.7 Å². The molecule has 8 aromatic rings. The van der Waals surface area contributed by atoms with Crippen molar-refractivity contribution < 1.29 is 72.4 Å². The number of likely N-dealkylation sites (tertiary alicyclic amines) is 2. The smallest absolute Gasteiger partial charge is 0.326 e. The quantitative estimate of drug-likeness (QED) is 0.0537. The van der Waals surface area contributed by atoms with Crippen molar-refractivity contribution >= 4 is 86.6 Å². The van der Waals surface area contributed by atoms with Gasteiger partial charge in [-0.3, -0.25) is 47.9 Å². The monoisotopic (exact) mass is 1590 g/mol. The van der Waals surface area contributed by atoms with Gasteiger partial charge in [0, 0.05) is 64.6 Å². The summed E-state index contributed by atoms with van der Waals surface area (Å²) in [6, 6.07) is 26.1. The van der Waals surface area contributed by atoms with E-state index >= 15 is 24.0 Å². The minimum atomic E-state index is -1.53. The van der Waals surface area contributed by atoms with E-state index in [0.717, 1.165) is 21.5 Å². The number of carboxylic acid groups (broad SMARTS) is 2. The standard InChI is InChI=1S/C84H103N17O15/c1-48(85-9)73(104)92-71(83(3,4)5)80(111)98-44-60-40-68(98)78(109)89-65(38-52-21-27-54-16-11-13-18-56(54)34-52)76(107)88-64(75(106)87-33-15-20-70(102)103)36-50-23-29-62(30-24-50)115-46-58-42-101(96-94-58)61-41-69(99(45-61)81(112)72(84(6,7)8)93-74(105)49(2)86-10)79(110)90-66(39-53-22-28-55-17-12-14-19-57(55)35-53)77(108)91-67(82(113)114)37-51-25-31-63(32-26-51)116-47-59-43-100(60)97-95-59/h11-14,16-19,21-32,34-35,42-43,48-49,60-61,64-69,71-72,85-86H,15,20,33,36-41,44-47H2,1-10H3,(H,87,106)(H,88,107)(H,89,109)(H,90,110)(H,91,108)(H,92,104)(H,93,105)(H,102,103)(H,113,114)/t48-,49-,60-,61-,64-,65-,66-,67-,68-,69-,71+,72+/m0/s1. The van der Waals surface area contributed by atoms with Crippen LogP contribution in [0.5, 0.6) is 11.5 Å². The van der Waals surface area contributed by atoms with Gasteiger partial charge in [-0.15, -0.1) is 10.2 Å². The third-order valence-electron chi connectivity index (χ3n) is 21.4. The topological polar surface area (TPSA) is 423 Å². The van der Waals surface area contributed by atoms with Gasteiger partial charge in [0.2, 0.25) is 53.2 Å². The second kappa shape index (κ2) is 37.4. The third-order valence-corrected chi connectivity index (χ3v) is 21.4. The molecule has 12 bridgehead atoms. The van der Waals surface area contributed by atoms with Crippen molar-refractivity contribution in [3.8, 4) is 11.5 Å². The molecule has 6 aliphatic heterocycles. The van der Waals surface area contributed by atoms with Gasteiger partial charge in [0.25, 0.3) is 0 Å². The number of hydrogen-bond acceptors (Lipinski definition) is 19. The number of hydrogen-bond donors (Lipinski definition) is 11. The summed E-state index contributed by atoms with van der Waals surface area (Å²) in [6.07, 6.45) is 2.42. The summed E-state index contributed by atoms with van der Waals surface area (Å²) in [7, 11) is 3.22. The van der Waals surface area contributed by atoms with Crippen LogP contribution < -0.4 is 57.3 Å². The second-order valence-corrected chi connectivity index (χ2v) is 32.2. The summed E-state index contributed by atoms with van der Waals surface area (Å²) >= 11 is 0. The molecule has 11 N–H and O–H groups in total. The molecule has 614 valence electrons. The van der Waals surface area contributed by atoms with Crippen LogP contribution in [0.2, 0.25) is 0 Å². The first-order chi connectivity index (χ1) is 55.3. The lowest BCUT2D eigenvalue weighted by Crippen LogP contribution is -2.61. The molecule has 0 unspecified atom stereocenters. The molecule has 2 fully saturated rings. The number of rotatable bonds is 18. The zero-order valence-corrected chi connectivity index (χ0v) is 66.8. The Kier molecular flexibility index (Phi) is 27.3. The Balaban J connectivity index is 0.942. The molecule has 32 nitrogen and oxygen atoms in total. The first kappa shape index (κ1) is 84.7. The SMILES string of the molecule is CN[C@@H](C)C(=O)N[C@H](C(=O)N1C[C@@H]2C[C@H]1C(=O)N[C@@H](Cc1ccc3ccccc3c1)C(=O)N[C@H](C(=O)O)Cc1ccc(cc1)OCc1cn(nn1)[C@H]1C[C@@H](C(=O)N[C@@H](Cc3ccc4ccccc4c3)C(=O)N[C@H](C(=O)NCCCC(=O)O)Cc3ccc(cc3)OCc3cn2nn3)N(C(=O)[C@@H](NC(=O)[C@H](C)NC)C(C)(C)C)C1)C(C)(C)C. The van der Waals surface area contributed by atoms with Gasteiger partial charge in [-0.05, 0) is 113 Å². The number of likely N-dealkylation sites (N-methyl/N-ethyl adjacent to an activating group) is 2. The van der Waals surface area contributed by atoms with Crippen molar-refractivity contribution in [1.82, 2.24) is 87.6 Å². The van der Waals surface area contributed by atoms with Crippen LogP contribution in [0.25, 0.3) is 21.5 Å². The van der Waals surface area contributed by atoms with Crippen molar-refractivity contribution in [3.05, 3.63) is 179 Å². The van der Waals surface area contributed by atoms with Gasteiger partial charge in [-0.1, -0.05) is 161 Å². The summed E-state index contributed by atoms with van der Waals surface area (Å²) in [5, 5.41) is 67.4. The fourth-order valence-corrected chi connectivity index (χ4v) is 14.5. The molecular formula is C84H103N17O15.